The molecule has 3 aromatic carbocycles. The van der Waals surface area contributed by atoms with Crippen LogP contribution in [0.3, 0.4) is 0 Å². The molecule has 33 heavy (non-hydrogen) atoms. The number of amides is 1. The Balaban J connectivity index is 1.55. The third kappa shape index (κ3) is 4.32. The largest absolute Gasteiger partial charge is 0.339 e. The number of hydrogen-bond acceptors (Lipinski definition) is 3. The van der Waals surface area contributed by atoms with Crippen LogP contribution in [-0.2, 0) is 0 Å². The van der Waals surface area contributed by atoms with Gasteiger partial charge in [-0.1, -0.05) is 57.9 Å². The summed E-state index contributed by atoms with van der Waals surface area (Å²) in [5.74, 6) is 0.0144. The zero-order valence-electron chi connectivity index (χ0n) is 17.7. The van der Waals surface area contributed by atoms with Crippen LogP contribution in [0.2, 0.25) is 0 Å². The lowest BCUT2D eigenvalue weighted by atomic mass is 10.0. The van der Waals surface area contributed by atoms with Crippen LogP contribution in [0.5, 0.6) is 0 Å². The molecule has 0 bridgehead atoms. The summed E-state index contributed by atoms with van der Waals surface area (Å²) >= 11 is 3.47. The minimum atomic E-state index is -0.304. The molecule has 1 atom stereocenters. The van der Waals surface area contributed by atoms with Gasteiger partial charge in [0, 0.05) is 15.9 Å². The number of aromatic nitrogens is 2. The maximum absolute atomic E-state index is 13.6. The number of benzene rings is 3. The first-order valence-electron chi connectivity index (χ1n) is 10.4. The van der Waals surface area contributed by atoms with Crippen molar-refractivity contribution in [2.24, 2.45) is 0 Å². The van der Waals surface area contributed by atoms with Crippen molar-refractivity contribution in [2.45, 2.75) is 13.0 Å². The molecule has 7 heteroatoms. The number of nitrogens with one attached hydrogen (secondary N) is 2. The molecule has 0 spiro atoms. The molecule has 1 aromatic heterocycles. The Morgan fingerprint density at radius 2 is 1.73 bits per heavy atom. The number of halogens is 2. The molecule has 1 amide bonds. The fourth-order valence-corrected chi connectivity index (χ4v) is 4.06. The van der Waals surface area contributed by atoms with Crippen molar-refractivity contribution in [3.63, 3.8) is 0 Å². The fraction of sp³-hybridized carbons (Fsp3) is 0.0769. The second-order valence-electron chi connectivity index (χ2n) is 7.88. The number of rotatable bonds is 4. The van der Waals surface area contributed by atoms with Crippen LogP contribution in [0.1, 0.15) is 33.1 Å². The van der Waals surface area contributed by atoms with Crippen molar-refractivity contribution in [3.8, 4) is 0 Å². The van der Waals surface area contributed by atoms with Gasteiger partial charge in [-0.3, -0.25) is 4.79 Å². The third-order valence-corrected chi connectivity index (χ3v) is 6.09. The number of hydrogen-bond donors (Lipinski definition) is 2. The standard InChI is InChI=1S/C26H20BrFN4O/c1-16-2-12-21(13-3-16)30-26(33)22-15-29-32-24(18-6-10-20(28)11-7-18)14-23(31-25(22)32)17-4-8-19(27)9-5-17/h2-15,24,31H,1H3,(H,30,33). The number of carbonyl (C=O) groups is 1. The highest BCUT2D eigenvalue weighted by molar-refractivity contribution is 9.10. The van der Waals surface area contributed by atoms with Crippen molar-refractivity contribution < 1.29 is 9.18 Å². The van der Waals surface area contributed by atoms with Gasteiger partial charge in [-0.2, -0.15) is 5.10 Å². The molecule has 5 rings (SSSR count). The number of allylic oxidation sites excluding steroid dienone is 1. The van der Waals surface area contributed by atoms with Crippen LogP contribution < -0.4 is 10.6 Å². The van der Waals surface area contributed by atoms with Gasteiger partial charge in [-0.25, -0.2) is 9.07 Å². The van der Waals surface area contributed by atoms with Crippen molar-refractivity contribution in [1.29, 1.82) is 0 Å². The molecule has 2 N–H and O–H groups in total. The van der Waals surface area contributed by atoms with Gasteiger partial charge >= 0.3 is 0 Å². The second-order valence-corrected chi connectivity index (χ2v) is 8.80. The lowest BCUT2D eigenvalue weighted by Gasteiger charge is -2.26. The molecule has 164 valence electrons. The zero-order chi connectivity index (χ0) is 22.9. The van der Waals surface area contributed by atoms with E-state index < -0.39 is 0 Å². The summed E-state index contributed by atoms with van der Waals surface area (Å²) in [4.78, 5) is 13.1. The topological polar surface area (TPSA) is 59.0 Å². The van der Waals surface area contributed by atoms with Crippen LogP contribution in [-0.4, -0.2) is 15.7 Å². The Bertz CT molecular complexity index is 1340. The number of anilines is 2. The summed E-state index contributed by atoms with van der Waals surface area (Å²) < 4.78 is 16.3. The van der Waals surface area contributed by atoms with Crippen LogP contribution in [0.4, 0.5) is 15.9 Å². The molecule has 4 aromatic rings. The van der Waals surface area contributed by atoms with E-state index in [4.69, 9.17) is 0 Å². The van der Waals surface area contributed by atoms with Gasteiger partial charge < -0.3 is 10.6 Å². The average Bonchev–Trinajstić information content (AvgIpc) is 3.25. The summed E-state index contributed by atoms with van der Waals surface area (Å²) in [7, 11) is 0. The van der Waals surface area contributed by atoms with E-state index in [1.807, 2.05) is 61.5 Å². The predicted octanol–water partition coefficient (Wildman–Crippen LogP) is 6.40. The first-order chi connectivity index (χ1) is 16.0. The molecule has 0 fully saturated rings. The normalized spacial score (nSPS) is 14.8. The molecule has 1 aliphatic heterocycles. The molecule has 2 heterocycles. The van der Waals surface area contributed by atoms with E-state index in [0.717, 1.165) is 26.9 Å². The highest BCUT2D eigenvalue weighted by Gasteiger charge is 2.28. The van der Waals surface area contributed by atoms with Gasteiger partial charge in [0.2, 0.25) is 0 Å². The first-order valence-corrected chi connectivity index (χ1v) is 11.2. The monoisotopic (exact) mass is 502 g/mol. The Kier molecular flexibility index (Phi) is 5.56. The Morgan fingerprint density at radius 1 is 1.03 bits per heavy atom. The van der Waals surface area contributed by atoms with Gasteiger partial charge in [-0.15, -0.1) is 0 Å². The Labute approximate surface area is 199 Å². The minimum absolute atomic E-state index is 0.262. The second kappa shape index (κ2) is 8.67. The first kappa shape index (κ1) is 21.2. The molecular weight excluding hydrogens is 483 g/mol. The Hall–Kier alpha value is -3.71. The van der Waals surface area contributed by atoms with Crippen molar-refractivity contribution >= 4 is 39.0 Å². The average molecular weight is 503 g/mol. The van der Waals surface area contributed by atoms with Crippen LogP contribution in [0.25, 0.3) is 5.70 Å². The van der Waals surface area contributed by atoms with E-state index in [-0.39, 0.29) is 17.8 Å². The van der Waals surface area contributed by atoms with Crippen molar-refractivity contribution in [1.82, 2.24) is 9.78 Å². The van der Waals surface area contributed by atoms with Gasteiger partial charge in [0.1, 0.15) is 17.2 Å². The number of aryl methyl sites for hydroxylation is 1. The molecule has 0 aliphatic carbocycles. The molecule has 0 saturated carbocycles. The van der Waals surface area contributed by atoms with Gasteiger partial charge in [0.05, 0.1) is 12.2 Å². The van der Waals surface area contributed by atoms with E-state index in [2.05, 4.69) is 31.7 Å². The lowest BCUT2D eigenvalue weighted by Crippen LogP contribution is -2.22. The van der Waals surface area contributed by atoms with Crippen molar-refractivity contribution in [3.05, 3.63) is 118 Å². The number of nitrogens with zero attached hydrogens (tertiary/aromatic N) is 2. The zero-order valence-corrected chi connectivity index (χ0v) is 19.3. The van der Waals surface area contributed by atoms with Crippen LogP contribution in [0.15, 0.2) is 89.5 Å². The molecule has 1 unspecified atom stereocenters. The third-order valence-electron chi connectivity index (χ3n) is 5.56. The molecule has 1 aliphatic rings. The summed E-state index contributed by atoms with van der Waals surface area (Å²) in [6, 6.07) is 21.5. The summed E-state index contributed by atoms with van der Waals surface area (Å²) in [5.41, 5.74) is 4.91. The summed E-state index contributed by atoms with van der Waals surface area (Å²) in [6.07, 6.45) is 3.58. The van der Waals surface area contributed by atoms with E-state index in [1.54, 1.807) is 23.0 Å². The van der Waals surface area contributed by atoms with Gasteiger partial charge in [0.15, 0.2) is 0 Å². The Morgan fingerprint density at radius 3 is 2.42 bits per heavy atom. The maximum atomic E-state index is 13.6. The predicted molar refractivity (Wildman–Crippen MR) is 132 cm³/mol. The number of fused-ring (bicyclic) bond motifs is 1. The van der Waals surface area contributed by atoms with Crippen molar-refractivity contribution in [2.75, 3.05) is 10.6 Å². The fourth-order valence-electron chi connectivity index (χ4n) is 3.79. The minimum Gasteiger partial charge on any atom is -0.339 e. The molecular formula is C26H20BrFN4O. The smallest absolute Gasteiger partial charge is 0.261 e. The maximum Gasteiger partial charge on any atom is 0.261 e. The van der Waals surface area contributed by atoms with Crippen LogP contribution in [0, 0.1) is 12.7 Å². The summed E-state index contributed by atoms with van der Waals surface area (Å²) in [6.45, 7) is 2.00. The molecule has 5 nitrogen and oxygen atoms in total. The van der Waals surface area contributed by atoms with Gasteiger partial charge in [-0.05, 0) is 60.5 Å². The number of carbonyl (C=O) groups excluding carboxylic acids is 1. The van der Waals surface area contributed by atoms with Gasteiger partial charge in [0.25, 0.3) is 5.91 Å². The van der Waals surface area contributed by atoms with E-state index >= 15 is 0 Å². The van der Waals surface area contributed by atoms with Crippen LogP contribution >= 0.6 is 15.9 Å². The molecule has 0 radical (unpaired) electrons. The lowest BCUT2D eigenvalue weighted by molar-refractivity contribution is 0.102. The SMILES string of the molecule is Cc1ccc(NC(=O)c2cnn3c2NC(c2ccc(Br)cc2)=CC3c2ccc(F)cc2)cc1. The molecule has 0 saturated heterocycles. The van der Waals surface area contributed by atoms with E-state index in [1.165, 1.54) is 12.1 Å². The van der Waals surface area contributed by atoms with E-state index in [0.29, 0.717) is 17.1 Å². The van der Waals surface area contributed by atoms with E-state index in [9.17, 15) is 9.18 Å². The quantitative estimate of drug-likeness (QED) is 0.339. The highest BCUT2D eigenvalue weighted by Crippen LogP contribution is 2.35. The summed E-state index contributed by atoms with van der Waals surface area (Å²) in [5, 5.41) is 10.8. The highest BCUT2D eigenvalue weighted by atomic mass is 79.9.